The lowest BCUT2D eigenvalue weighted by molar-refractivity contribution is -0.121. The molecule has 1 heterocycles. The third-order valence-electron chi connectivity index (χ3n) is 5.61. The Hall–Kier alpha value is -4.32. The number of benzene rings is 2. The molecule has 0 radical (unpaired) electrons. The number of nitriles is 1. The summed E-state index contributed by atoms with van der Waals surface area (Å²) in [6.45, 7) is 8.95. The summed E-state index contributed by atoms with van der Waals surface area (Å²) in [4.78, 5) is 36.4. The van der Waals surface area contributed by atoms with Crippen molar-refractivity contribution >= 4 is 23.1 Å². The number of rotatable bonds is 9. The second-order valence-corrected chi connectivity index (χ2v) is 9.83. The van der Waals surface area contributed by atoms with Crippen LogP contribution in [0.4, 0.5) is 4.79 Å². The summed E-state index contributed by atoms with van der Waals surface area (Å²) in [5, 5.41) is 15.0. The van der Waals surface area contributed by atoms with Crippen LogP contribution in [0.25, 0.3) is 22.2 Å². The summed E-state index contributed by atoms with van der Waals surface area (Å²) >= 11 is 0. The van der Waals surface area contributed by atoms with E-state index < -0.39 is 29.5 Å². The Kier molecular flexibility index (Phi) is 8.56. The molecule has 2 amide bonds. The number of carbonyl (C=O) groups is 2. The maximum atomic E-state index is 12.6. The number of ether oxygens (including phenoxy) is 1. The molecule has 0 aliphatic heterocycles. The van der Waals surface area contributed by atoms with Crippen LogP contribution in [0.5, 0.6) is 0 Å². The maximum absolute atomic E-state index is 12.6. The Morgan fingerprint density at radius 1 is 1.16 bits per heavy atom. The molecule has 2 aromatic carbocycles. The van der Waals surface area contributed by atoms with Gasteiger partial charge in [-0.15, -0.1) is 6.58 Å². The summed E-state index contributed by atoms with van der Waals surface area (Å²) in [6.07, 6.45) is 1.69. The molecular weight excluding hydrogens is 472 g/mol. The van der Waals surface area contributed by atoms with E-state index in [4.69, 9.17) is 9.15 Å². The molecule has 0 bridgehead atoms. The van der Waals surface area contributed by atoms with Crippen molar-refractivity contribution in [3.05, 3.63) is 71.2 Å². The van der Waals surface area contributed by atoms with Crippen LogP contribution in [-0.2, 0) is 23.0 Å². The number of nitrogens with one attached hydrogen (secondary N) is 2. The minimum Gasteiger partial charge on any atom is -0.444 e. The van der Waals surface area contributed by atoms with E-state index in [0.717, 1.165) is 16.7 Å². The number of hydrogen-bond donors (Lipinski definition) is 2. The van der Waals surface area contributed by atoms with Gasteiger partial charge in [0.25, 0.3) is 0 Å². The second-order valence-electron chi connectivity index (χ2n) is 9.83. The van der Waals surface area contributed by atoms with Crippen molar-refractivity contribution < 1.29 is 18.7 Å². The van der Waals surface area contributed by atoms with Crippen molar-refractivity contribution in [3.8, 4) is 17.2 Å². The van der Waals surface area contributed by atoms with Crippen LogP contribution in [0.1, 0.15) is 39.2 Å². The van der Waals surface area contributed by atoms with Crippen LogP contribution in [0.3, 0.4) is 0 Å². The van der Waals surface area contributed by atoms with E-state index in [1.165, 1.54) is 4.57 Å². The molecule has 0 saturated heterocycles. The fraction of sp³-hybridized carbons (Fsp3) is 0.357. The first-order valence-corrected chi connectivity index (χ1v) is 12.0. The highest BCUT2D eigenvalue weighted by Gasteiger charge is 2.22. The van der Waals surface area contributed by atoms with Crippen molar-refractivity contribution in [2.75, 3.05) is 0 Å². The van der Waals surface area contributed by atoms with E-state index >= 15 is 0 Å². The largest absolute Gasteiger partial charge is 0.444 e. The molecule has 3 rings (SSSR count). The SMILES string of the molecule is C=CC[C@H](CC(=O)N[C@H](C#N)Cc1ccc(-c2ccc3oc(=O)n(C)c3c2)cc1)NC(=O)OC(C)(C)C. The predicted octanol–water partition coefficient (Wildman–Crippen LogP) is 4.21. The van der Waals surface area contributed by atoms with Crippen molar-refractivity contribution in [2.45, 2.75) is 57.7 Å². The Morgan fingerprint density at radius 3 is 2.46 bits per heavy atom. The minimum absolute atomic E-state index is 0.0125. The third-order valence-corrected chi connectivity index (χ3v) is 5.61. The molecule has 0 aliphatic rings. The Morgan fingerprint density at radius 2 is 1.84 bits per heavy atom. The van der Waals surface area contributed by atoms with Gasteiger partial charge in [0.05, 0.1) is 11.6 Å². The topological polar surface area (TPSA) is 126 Å². The number of hydrogen-bond acceptors (Lipinski definition) is 6. The predicted molar refractivity (Wildman–Crippen MR) is 141 cm³/mol. The third kappa shape index (κ3) is 7.58. The first-order chi connectivity index (χ1) is 17.5. The molecule has 37 heavy (non-hydrogen) atoms. The van der Waals surface area contributed by atoms with Crippen LogP contribution in [0.15, 0.2) is 64.3 Å². The lowest BCUT2D eigenvalue weighted by Gasteiger charge is -2.23. The zero-order valence-corrected chi connectivity index (χ0v) is 21.5. The normalized spacial score (nSPS) is 12.8. The van der Waals surface area contributed by atoms with Gasteiger partial charge in [-0.1, -0.05) is 36.4 Å². The molecule has 0 fully saturated rings. The van der Waals surface area contributed by atoms with E-state index in [0.29, 0.717) is 23.9 Å². The second kappa shape index (κ2) is 11.6. The van der Waals surface area contributed by atoms with E-state index in [9.17, 15) is 19.6 Å². The summed E-state index contributed by atoms with van der Waals surface area (Å²) in [6, 6.07) is 14.1. The number of nitrogens with zero attached hydrogens (tertiary/aromatic N) is 2. The van der Waals surface area contributed by atoms with Gasteiger partial charge >= 0.3 is 11.8 Å². The summed E-state index contributed by atoms with van der Waals surface area (Å²) < 4.78 is 11.9. The Balaban J connectivity index is 1.61. The zero-order chi connectivity index (χ0) is 27.2. The number of oxazole rings is 1. The lowest BCUT2D eigenvalue weighted by atomic mass is 10.0. The first kappa shape index (κ1) is 27.3. The molecule has 0 saturated carbocycles. The lowest BCUT2D eigenvalue weighted by Crippen LogP contribution is -2.43. The van der Waals surface area contributed by atoms with Crippen LogP contribution >= 0.6 is 0 Å². The van der Waals surface area contributed by atoms with Gasteiger partial charge in [-0.3, -0.25) is 9.36 Å². The fourth-order valence-corrected chi connectivity index (χ4v) is 3.85. The van der Waals surface area contributed by atoms with Crippen molar-refractivity contribution in [1.82, 2.24) is 15.2 Å². The molecule has 0 unspecified atom stereocenters. The quantitative estimate of drug-likeness (QED) is 0.421. The van der Waals surface area contributed by atoms with Crippen molar-refractivity contribution in [3.63, 3.8) is 0 Å². The van der Waals surface area contributed by atoms with E-state index in [1.807, 2.05) is 36.4 Å². The van der Waals surface area contributed by atoms with Crippen LogP contribution in [0, 0.1) is 11.3 Å². The van der Waals surface area contributed by atoms with Crippen LogP contribution in [0.2, 0.25) is 0 Å². The molecule has 9 nitrogen and oxygen atoms in total. The molecule has 2 atom stereocenters. The highest BCUT2D eigenvalue weighted by molar-refractivity contribution is 5.81. The number of fused-ring (bicyclic) bond motifs is 1. The van der Waals surface area contributed by atoms with Gasteiger partial charge in [0.2, 0.25) is 5.91 Å². The van der Waals surface area contributed by atoms with Crippen molar-refractivity contribution in [2.24, 2.45) is 7.05 Å². The molecule has 3 aromatic rings. The number of aromatic nitrogens is 1. The number of carbonyl (C=O) groups excluding carboxylic acids is 2. The average molecular weight is 505 g/mol. The van der Waals surface area contributed by atoms with Gasteiger partial charge in [-0.05, 0) is 56.0 Å². The van der Waals surface area contributed by atoms with Crippen molar-refractivity contribution in [1.29, 1.82) is 5.26 Å². The van der Waals surface area contributed by atoms with E-state index in [2.05, 4.69) is 23.3 Å². The number of aryl methyl sites for hydroxylation is 1. The molecule has 0 aliphatic carbocycles. The van der Waals surface area contributed by atoms with Gasteiger partial charge < -0.3 is 19.8 Å². The average Bonchev–Trinajstić information content (AvgIpc) is 3.10. The van der Waals surface area contributed by atoms with Gasteiger partial charge in [-0.2, -0.15) is 5.26 Å². The summed E-state index contributed by atoms with van der Waals surface area (Å²) in [5.74, 6) is -0.770. The van der Waals surface area contributed by atoms with Crippen LogP contribution < -0.4 is 16.4 Å². The van der Waals surface area contributed by atoms with E-state index in [-0.39, 0.29) is 12.3 Å². The fourth-order valence-electron chi connectivity index (χ4n) is 3.85. The van der Waals surface area contributed by atoms with E-state index in [1.54, 1.807) is 40.0 Å². The van der Waals surface area contributed by atoms with Gasteiger partial charge in [0, 0.05) is 25.9 Å². The molecule has 194 valence electrons. The summed E-state index contributed by atoms with van der Waals surface area (Å²) in [5.41, 5.74) is 3.31. The summed E-state index contributed by atoms with van der Waals surface area (Å²) in [7, 11) is 1.66. The highest BCUT2D eigenvalue weighted by atomic mass is 16.6. The monoisotopic (exact) mass is 504 g/mol. The smallest absolute Gasteiger partial charge is 0.419 e. The molecule has 9 heteroatoms. The first-order valence-electron chi connectivity index (χ1n) is 12.0. The maximum Gasteiger partial charge on any atom is 0.419 e. The molecule has 1 aromatic heterocycles. The molecule has 2 N–H and O–H groups in total. The Bertz CT molecular complexity index is 1370. The van der Waals surface area contributed by atoms with Gasteiger partial charge in [0.1, 0.15) is 11.6 Å². The van der Waals surface area contributed by atoms with Gasteiger partial charge in [-0.25, -0.2) is 9.59 Å². The zero-order valence-electron chi connectivity index (χ0n) is 21.5. The number of amides is 2. The van der Waals surface area contributed by atoms with Crippen LogP contribution in [-0.4, -0.2) is 34.3 Å². The highest BCUT2D eigenvalue weighted by Crippen LogP contribution is 2.24. The molecule has 0 spiro atoms. The Labute approximate surface area is 215 Å². The molecular formula is C28H32N4O5. The minimum atomic E-state index is -0.735. The standard InChI is InChI=1S/C28H32N4O5/c1-6-7-21(31-26(34)37-28(2,3)4)16-25(33)30-22(17-29)14-18-8-10-19(11-9-18)20-12-13-24-23(15-20)32(5)27(35)36-24/h6,8-13,15,21-22H,1,7,14,16H2,2-5H3,(H,30,33)(H,31,34)/t21-,22+/m1/s1. The number of alkyl carbamates (subject to hydrolysis) is 1. The van der Waals surface area contributed by atoms with Gasteiger partial charge in [0.15, 0.2) is 5.58 Å².